The Bertz CT molecular complexity index is 202. The van der Waals surface area contributed by atoms with E-state index in [0.717, 1.165) is 0 Å². The van der Waals surface area contributed by atoms with Gasteiger partial charge in [0.15, 0.2) is 6.10 Å². The standard InChI is InChI=1S/C8H12O3/c1-8(2,3)5-4-6(9)7(10)11/h6,9H,1-3H3,(H,10,11)/p-1. The molecular weight excluding hydrogens is 144 g/mol. The van der Waals surface area contributed by atoms with Gasteiger partial charge >= 0.3 is 0 Å². The van der Waals surface area contributed by atoms with Gasteiger partial charge in [0.05, 0.1) is 5.97 Å². The van der Waals surface area contributed by atoms with Crippen molar-refractivity contribution in [2.75, 3.05) is 0 Å². The highest BCUT2D eigenvalue weighted by atomic mass is 16.4. The van der Waals surface area contributed by atoms with Gasteiger partial charge < -0.3 is 15.0 Å². The Morgan fingerprint density at radius 2 is 2.00 bits per heavy atom. The molecule has 0 rings (SSSR count). The van der Waals surface area contributed by atoms with Crippen LogP contribution in [0.4, 0.5) is 0 Å². The van der Waals surface area contributed by atoms with Crippen molar-refractivity contribution in [2.45, 2.75) is 26.9 Å². The SMILES string of the molecule is CC(C)(C)C#CC(O)C(=O)[O-]. The lowest BCUT2D eigenvalue weighted by Gasteiger charge is -2.08. The maximum Gasteiger partial charge on any atom is 0.154 e. The van der Waals surface area contributed by atoms with Crippen LogP contribution in [0.15, 0.2) is 0 Å². The molecule has 1 unspecified atom stereocenters. The average molecular weight is 155 g/mol. The molecule has 0 aliphatic heterocycles. The number of aliphatic hydroxyl groups excluding tert-OH is 1. The van der Waals surface area contributed by atoms with E-state index >= 15 is 0 Å². The molecule has 3 heteroatoms. The van der Waals surface area contributed by atoms with Gasteiger partial charge in [-0.05, 0) is 20.8 Å². The molecule has 0 aliphatic carbocycles. The molecule has 0 bridgehead atoms. The van der Waals surface area contributed by atoms with E-state index in [0.29, 0.717) is 0 Å². The Hall–Kier alpha value is -1.01. The third-order valence-corrected chi connectivity index (χ3v) is 0.807. The summed E-state index contributed by atoms with van der Waals surface area (Å²) in [7, 11) is 0. The van der Waals surface area contributed by atoms with Crippen molar-refractivity contribution in [3.63, 3.8) is 0 Å². The summed E-state index contributed by atoms with van der Waals surface area (Å²) in [6, 6.07) is 0. The van der Waals surface area contributed by atoms with Crippen molar-refractivity contribution >= 4 is 5.97 Å². The molecule has 0 spiro atoms. The van der Waals surface area contributed by atoms with E-state index in [2.05, 4.69) is 11.8 Å². The number of aliphatic carboxylic acids is 1. The van der Waals surface area contributed by atoms with E-state index in [9.17, 15) is 9.90 Å². The topological polar surface area (TPSA) is 60.4 Å². The van der Waals surface area contributed by atoms with E-state index in [1.807, 2.05) is 20.8 Å². The summed E-state index contributed by atoms with van der Waals surface area (Å²) >= 11 is 0. The number of carbonyl (C=O) groups excluding carboxylic acids is 1. The highest BCUT2D eigenvalue weighted by Crippen LogP contribution is 2.09. The smallest absolute Gasteiger partial charge is 0.154 e. The zero-order valence-corrected chi connectivity index (χ0v) is 6.84. The summed E-state index contributed by atoms with van der Waals surface area (Å²) in [6.45, 7) is 5.46. The van der Waals surface area contributed by atoms with Gasteiger partial charge in [0.25, 0.3) is 0 Å². The van der Waals surface area contributed by atoms with E-state index < -0.39 is 12.1 Å². The summed E-state index contributed by atoms with van der Waals surface area (Å²) < 4.78 is 0. The molecule has 11 heavy (non-hydrogen) atoms. The van der Waals surface area contributed by atoms with Crippen LogP contribution in [0, 0.1) is 17.3 Å². The van der Waals surface area contributed by atoms with Gasteiger partial charge in [-0.25, -0.2) is 0 Å². The number of carbonyl (C=O) groups is 1. The Morgan fingerprint density at radius 3 is 2.27 bits per heavy atom. The molecule has 0 fully saturated rings. The second-order valence-electron chi connectivity index (χ2n) is 3.24. The summed E-state index contributed by atoms with van der Waals surface area (Å²) in [6.07, 6.45) is -1.67. The lowest BCUT2D eigenvalue weighted by molar-refractivity contribution is -0.312. The molecule has 3 nitrogen and oxygen atoms in total. The molecule has 0 radical (unpaired) electrons. The normalized spacial score (nSPS) is 13.1. The van der Waals surface area contributed by atoms with Gasteiger partial charge in [-0.3, -0.25) is 0 Å². The first-order valence-electron chi connectivity index (χ1n) is 3.24. The minimum Gasteiger partial charge on any atom is -0.546 e. The maximum atomic E-state index is 9.95. The maximum absolute atomic E-state index is 9.95. The Balaban J connectivity index is 4.19. The van der Waals surface area contributed by atoms with Gasteiger partial charge in [-0.1, -0.05) is 11.8 Å². The number of hydrogen-bond acceptors (Lipinski definition) is 3. The molecule has 1 N–H and O–H groups in total. The molecule has 0 aliphatic rings. The first kappa shape index (κ1) is 9.99. The molecule has 0 aromatic carbocycles. The zero-order valence-electron chi connectivity index (χ0n) is 6.84. The summed E-state index contributed by atoms with van der Waals surface area (Å²) in [5.74, 6) is 3.19. The average Bonchev–Trinajstić information content (AvgIpc) is 1.80. The largest absolute Gasteiger partial charge is 0.546 e. The minimum atomic E-state index is -1.67. The molecule has 0 saturated carbocycles. The van der Waals surface area contributed by atoms with Crippen LogP contribution in [0.3, 0.4) is 0 Å². The van der Waals surface area contributed by atoms with Crippen molar-refractivity contribution in [1.82, 2.24) is 0 Å². The van der Waals surface area contributed by atoms with Crippen LogP contribution in [-0.4, -0.2) is 17.2 Å². The van der Waals surface area contributed by atoms with Crippen LogP contribution in [-0.2, 0) is 4.79 Å². The molecular formula is C8H11O3-. The second-order valence-corrected chi connectivity index (χ2v) is 3.24. The highest BCUT2D eigenvalue weighted by molar-refractivity contribution is 5.73. The van der Waals surface area contributed by atoms with E-state index in [-0.39, 0.29) is 5.41 Å². The van der Waals surface area contributed by atoms with Crippen molar-refractivity contribution in [1.29, 1.82) is 0 Å². The quantitative estimate of drug-likeness (QED) is 0.501. The predicted molar refractivity (Wildman–Crippen MR) is 38.2 cm³/mol. The van der Waals surface area contributed by atoms with Gasteiger partial charge in [0.1, 0.15) is 0 Å². The van der Waals surface area contributed by atoms with Crippen molar-refractivity contribution in [3.8, 4) is 11.8 Å². The summed E-state index contributed by atoms with van der Waals surface area (Å²) in [4.78, 5) is 9.95. The third kappa shape index (κ3) is 5.43. The van der Waals surface area contributed by atoms with E-state index in [4.69, 9.17) is 5.11 Å². The molecule has 0 aromatic rings. The van der Waals surface area contributed by atoms with Gasteiger partial charge in [-0.2, -0.15) is 0 Å². The molecule has 0 saturated heterocycles. The molecule has 1 atom stereocenters. The van der Waals surface area contributed by atoms with Crippen molar-refractivity contribution in [2.24, 2.45) is 5.41 Å². The number of hydrogen-bond donors (Lipinski definition) is 1. The fourth-order valence-corrected chi connectivity index (χ4v) is 0.344. The molecule has 0 amide bonds. The number of carboxylic acid groups (broad SMARTS) is 1. The fraction of sp³-hybridized carbons (Fsp3) is 0.625. The van der Waals surface area contributed by atoms with E-state index in [1.165, 1.54) is 0 Å². The van der Waals surface area contributed by atoms with Crippen LogP contribution >= 0.6 is 0 Å². The Morgan fingerprint density at radius 1 is 1.55 bits per heavy atom. The summed E-state index contributed by atoms with van der Waals surface area (Å²) in [5, 5.41) is 18.6. The van der Waals surface area contributed by atoms with Crippen LogP contribution in [0.25, 0.3) is 0 Å². The van der Waals surface area contributed by atoms with Crippen molar-refractivity contribution < 1.29 is 15.0 Å². The lowest BCUT2D eigenvalue weighted by atomic mass is 9.98. The van der Waals surface area contributed by atoms with Crippen LogP contribution < -0.4 is 5.11 Å². The first-order valence-corrected chi connectivity index (χ1v) is 3.24. The number of rotatable bonds is 1. The number of aliphatic hydroxyl groups is 1. The number of carboxylic acids is 1. The molecule has 0 aromatic heterocycles. The van der Waals surface area contributed by atoms with Gasteiger partial charge in [0.2, 0.25) is 0 Å². The first-order chi connectivity index (χ1) is 4.83. The van der Waals surface area contributed by atoms with Crippen LogP contribution in [0.1, 0.15) is 20.8 Å². The van der Waals surface area contributed by atoms with Gasteiger partial charge in [-0.15, -0.1) is 0 Å². The third-order valence-electron chi connectivity index (χ3n) is 0.807. The zero-order chi connectivity index (χ0) is 9.07. The van der Waals surface area contributed by atoms with Gasteiger partial charge in [0, 0.05) is 5.41 Å². The van der Waals surface area contributed by atoms with Crippen molar-refractivity contribution in [3.05, 3.63) is 0 Å². The highest BCUT2D eigenvalue weighted by Gasteiger charge is 2.05. The molecule has 62 valence electrons. The molecule has 0 heterocycles. The summed E-state index contributed by atoms with van der Waals surface area (Å²) in [5.41, 5.74) is -0.295. The fourth-order valence-electron chi connectivity index (χ4n) is 0.344. The predicted octanol–water partition coefficient (Wildman–Crippen LogP) is -0.853. The Labute approximate surface area is 66.0 Å². The Kier molecular flexibility index (Phi) is 3.09. The van der Waals surface area contributed by atoms with Crippen LogP contribution in [0.2, 0.25) is 0 Å². The van der Waals surface area contributed by atoms with Crippen LogP contribution in [0.5, 0.6) is 0 Å². The minimum absolute atomic E-state index is 0.295. The monoisotopic (exact) mass is 155 g/mol. The second kappa shape index (κ2) is 3.40. The lowest BCUT2D eigenvalue weighted by Crippen LogP contribution is -2.34. The van der Waals surface area contributed by atoms with E-state index in [1.54, 1.807) is 0 Å².